The van der Waals surface area contributed by atoms with Crippen LogP contribution in [-0.2, 0) is 24.8 Å². The van der Waals surface area contributed by atoms with E-state index in [0.717, 1.165) is 0 Å². The topological polar surface area (TPSA) is 87.2 Å². The molecule has 148 valence electrons. The third kappa shape index (κ3) is 4.54. The molecule has 2 rings (SSSR count). The molecule has 0 aromatic heterocycles. The summed E-state index contributed by atoms with van der Waals surface area (Å²) >= 11 is 0. The van der Waals surface area contributed by atoms with E-state index in [-0.39, 0.29) is 0 Å². The van der Waals surface area contributed by atoms with Crippen molar-refractivity contribution < 1.29 is 21.6 Å². The number of rotatable bonds is 6. The molecule has 10 heteroatoms. The molecule has 25 heavy (non-hydrogen) atoms. The van der Waals surface area contributed by atoms with E-state index in [1.165, 1.54) is 8.61 Å². The maximum Gasteiger partial charge on any atom is 0.220 e. The van der Waals surface area contributed by atoms with Crippen LogP contribution < -0.4 is 0 Å². The van der Waals surface area contributed by atoms with Crippen LogP contribution in [0.15, 0.2) is 0 Å². The summed E-state index contributed by atoms with van der Waals surface area (Å²) in [7, 11) is -6.68. The molecule has 0 aromatic carbocycles. The van der Waals surface area contributed by atoms with E-state index in [0.29, 0.717) is 59.0 Å². The minimum Gasteiger partial charge on any atom is -0.379 e. The van der Waals surface area contributed by atoms with Crippen LogP contribution in [-0.4, -0.2) is 99.4 Å². The van der Waals surface area contributed by atoms with Gasteiger partial charge >= 0.3 is 0 Å². The lowest BCUT2D eigenvalue weighted by Gasteiger charge is -2.40. The molecular formula is C15H31N3O5S2. The summed E-state index contributed by atoms with van der Waals surface area (Å²) in [5.41, 5.74) is 0. The summed E-state index contributed by atoms with van der Waals surface area (Å²) in [5, 5.41) is -0.433. The van der Waals surface area contributed by atoms with E-state index in [1.54, 1.807) is 27.7 Å². The molecule has 0 bridgehead atoms. The molecule has 0 spiro atoms. The second kappa shape index (κ2) is 7.77. The predicted molar refractivity (Wildman–Crippen MR) is 97.5 cm³/mol. The molecule has 0 amide bonds. The van der Waals surface area contributed by atoms with E-state index in [9.17, 15) is 16.8 Å². The van der Waals surface area contributed by atoms with Crippen molar-refractivity contribution in [2.45, 2.75) is 37.7 Å². The Morgan fingerprint density at radius 3 is 1.88 bits per heavy atom. The van der Waals surface area contributed by atoms with Gasteiger partial charge in [-0.05, 0) is 27.7 Å². The Bertz CT molecular complexity index is 647. The Labute approximate surface area is 152 Å². The fourth-order valence-corrected chi connectivity index (χ4v) is 6.14. The largest absolute Gasteiger partial charge is 0.379 e. The van der Waals surface area contributed by atoms with Gasteiger partial charge in [0.25, 0.3) is 0 Å². The first-order chi connectivity index (χ1) is 11.5. The highest BCUT2D eigenvalue weighted by Crippen LogP contribution is 2.24. The second-order valence-corrected chi connectivity index (χ2v) is 12.6. The van der Waals surface area contributed by atoms with Gasteiger partial charge in [-0.25, -0.2) is 16.8 Å². The molecule has 0 unspecified atom stereocenters. The molecule has 2 aliphatic heterocycles. The number of sulfonamides is 2. The van der Waals surface area contributed by atoms with E-state index in [2.05, 4.69) is 0 Å². The number of ether oxygens (including phenoxy) is 1. The van der Waals surface area contributed by atoms with Crippen LogP contribution in [0.3, 0.4) is 0 Å². The highest BCUT2D eigenvalue weighted by atomic mass is 32.2. The highest BCUT2D eigenvalue weighted by Gasteiger charge is 2.42. The molecule has 0 saturated carbocycles. The maximum atomic E-state index is 12.9. The van der Waals surface area contributed by atoms with Crippen LogP contribution in [0, 0.1) is 0 Å². The van der Waals surface area contributed by atoms with Gasteiger partial charge in [0.15, 0.2) is 0 Å². The third-order valence-electron chi connectivity index (χ3n) is 4.90. The Hall–Kier alpha value is -0.260. The minimum absolute atomic E-state index is 0.391. The lowest BCUT2D eigenvalue weighted by molar-refractivity contribution is 0.0713. The zero-order chi connectivity index (χ0) is 18.9. The predicted octanol–water partition coefficient (Wildman–Crippen LogP) is -0.217. The van der Waals surface area contributed by atoms with Gasteiger partial charge in [-0.3, -0.25) is 4.90 Å². The van der Waals surface area contributed by atoms with Crippen LogP contribution >= 0.6 is 0 Å². The fourth-order valence-electron chi connectivity index (χ4n) is 3.20. The van der Waals surface area contributed by atoms with Gasteiger partial charge < -0.3 is 4.74 Å². The fraction of sp³-hybridized carbons (Fsp3) is 1.00. The summed E-state index contributed by atoms with van der Waals surface area (Å²) in [6.45, 7) is 10.8. The van der Waals surface area contributed by atoms with Crippen molar-refractivity contribution in [3.63, 3.8) is 0 Å². The molecular weight excluding hydrogens is 366 g/mol. The molecule has 2 fully saturated rings. The van der Waals surface area contributed by atoms with E-state index < -0.39 is 30.0 Å². The average Bonchev–Trinajstić information content (AvgIpc) is 2.55. The van der Waals surface area contributed by atoms with Crippen molar-refractivity contribution in [3.8, 4) is 0 Å². The van der Waals surface area contributed by atoms with Crippen LogP contribution in [0.2, 0.25) is 0 Å². The van der Waals surface area contributed by atoms with Gasteiger partial charge in [0.1, 0.15) is 0 Å². The van der Waals surface area contributed by atoms with Gasteiger partial charge in [0.2, 0.25) is 20.0 Å². The number of piperazine rings is 1. The van der Waals surface area contributed by atoms with E-state index in [1.807, 2.05) is 4.90 Å². The summed E-state index contributed by atoms with van der Waals surface area (Å²) in [4.78, 5) is 2.05. The second-order valence-electron chi connectivity index (χ2n) is 7.55. The van der Waals surface area contributed by atoms with Crippen LogP contribution in [0.5, 0.6) is 0 Å². The van der Waals surface area contributed by atoms with E-state index in [4.69, 9.17) is 4.74 Å². The first-order valence-electron chi connectivity index (χ1n) is 8.77. The smallest absolute Gasteiger partial charge is 0.220 e. The number of morpholine rings is 1. The van der Waals surface area contributed by atoms with Crippen molar-refractivity contribution in [3.05, 3.63) is 0 Å². The molecule has 0 radical (unpaired) electrons. The van der Waals surface area contributed by atoms with Gasteiger partial charge in [0, 0.05) is 45.8 Å². The first kappa shape index (κ1) is 21.0. The van der Waals surface area contributed by atoms with E-state index >= 15 is 0 Å². The van der Waals surface area contributed by atoms with Crippen LogP contribution in [0.1, 0.15) is 27.7 Å². The molecule has 8 nitrogen and oxygen atoms in total. The highest BCUT2D eigenvalue weighted by molar-refractivity contribution is 7.90. The number of nitrogens with zero attached hydrogens (tertiary/aromatic N) is 3. The number of hydrogen-bond acceptors (Lipinski definition) is 6. The molecule has 2 aliphatic rings. The first-order valence-corrected chi connectivity index (χ1v) is 11.7. The molecule has 0 aromatic rings. The molecule has 0 aliphatic carbocycles. The molecule has 2 heterocycles. The van der Waals surface area contributed by atoms with Crippen LogP contribution in [0.25, 0.3) is 0 Å². The van der Waals surface area contributed by atoms with Crippen molar-refractivity contribution in [1.82, 2.24) is 13.5 Å². The summed E-state index contributed by atoms with van der Waals surface area (Å²) in [6, 6.07) is 0. The Kier molecular flexibility index (Phi) is 6.54. The Morgan fingerprint density at radius 1 is 0.880 bits per heavy atom. The number of hydrogen-bond donors (Lipinski definition) is 0. The summed E-state index contributed by atoms with van der Waals surface area (Å²) < 4.78 is 57.7. The lowest BCUT2D eigenvalue weighted by atomic mass is 10.2. The SMILES string of the molecule is CC(C)S(=O)(=O)N1CCN(CC(C)(C)S(=O)(=O)N2CCOCC2)CC1. The lowest BCUT2D eigenvalue weighted by Crippen LogP contribution is -2.57. The van der Waals surface area contributed by atoms with Crippen molar-refractivity contribution in [2.24, 2.45) is 0 Å². The normalized spacial score (nSPS) is 23.2. The zero-order valence-corrected chi connectivity index (χ0v) is 17.3. The molecule has 0 N–H and O–H groups in total. The maximum absolute atomic E-state index is 12.9. The molecule has 0 atom stereocenters. The third-order valence-corrected chi connectivity index (χ3v) is 9.75. The summed E-state index contributed by atoms with van der Waals surface area (Å²) in [6.07, 6.45) is 0. The van der Waals surface area contributed by atoms with Gasteiger partial charge in [-0.1, -0.05) is 0 Å². The van der Waals surface area contributed by atoms with Crippen molar-refractivity contribution >= 4 is 20.0 Å². The van der Waals surface area contributed by atoms with Gasteiger partial charge in [-0.2, -0.15) is 8.61 Å². The van der Waals surface area contributed by atoms with Crippen LogP contribution in [0.4, 0.5) is 0 Å². The van der Waals surface area contributed by atoms with Crippen molar-refractivity contribution in [2.75, 3.05) is 59.0 Å². The molecule has 2 saturated heterocycles. The Morgan fingerprint density at radius 2 is 1.40 bits per heavy atom. The average molecular weight is 398 g/mol. The minimum atomic E-state index is -3.44. The van der Waals surface area contributed by atoms with Gasteiger partial charge in [-0.15, -0.1) is 0 Å². The Balaban J connectivity index is 1.98. The van der Waals surface area contributed by atoms with Gasteiger partial charge in [0.05, 0.1) is 23.2 Å². The quantitative estimate of drug-likeness (QED) is 0.616. The standard InChI is InChI=1S/C15H31N3O5S2/c1-14(2)24(19,20)17-7-5-16(6-8-17)13-15(3,4)25(21,22)18-9-11-23-12-10-18/h14H,5-13H2,1-4H3. The zero-order valence-electron chi connectivity index (χ0n) is 15.6. The monoisotopic (exact) mass is 397 g/mol. The van der Waals surface area contributed by atoms with Crippen molar-refractivity contribution in [1.29, 1.82) is 0 Å². The summed E-state index contributed by atoms with van der Waals surface area (Å²) in [5.74, 6) is 0.